The minimum atomic E-state index is -0.459. The van der Waals surface area contributed by atoms with Gasteiger partial charge in [-0.3, -0.25) is 9.48 Å². The number of methoxy groups -OCH3 is 1. The van der Waals surface area contributed by atoms with Gasteiger partial charge in [0.2, 0.25) is 5.91 Å². The third-order valence-corrected chi connectivity index (χ3v) is 3.07. The van der Waals surface area contributed by atoms with Crippen LogP contribution in [0.15, 0.2) is 29.9 Å². The fourth-order valence-electron chi connectivity index (χ4n) is 1.39. The van der Waals surface area contributed by atoms with Gasteiger partial charge in [-0.2, -0.15) is 5.10 Å². The number of rotatable bonds is 4. The first-order valence-corrected chi connectivity index (χ1v) is 6.01. The lowest BCUT2D eigenvalue weighted by Gasteiger charge is -2.05. The SMILES string of the molecule is COC(=O)c1sccc1NC(=O)Cn1cccn1. The van der Waals surface area contributed by atoms with E-state index in [0.29, 0.717) is 10.6 Å². The van der Waals surface area contributed by atoms with Crippen LogP contribution >= 0.6 is 11.3 Å². The smallest absolute Gasteiger partial charge is 0.350 e. The van der Waals surface area contributed by atoms with E-state index in [-0.39, 0.29) is 12.5 Å². The maximum absolute atomic E-state index is 11.7. The molecule has 94 valence electrons. The summed E-state index contributed by atoms with van der Waals surface area (Å²) in [6.07, 6.45) is 3.28. The van der Waals surface area contributed by atoms with Crippen molar-refractivity contribution < 1.29 is 14.3 Å². The van der Waals surface area contributed by atoms with Crippen LogP contribution in [-0.2, 0) is 16.1 Å². The van der Waals surface area contributed by atoms with E-state index in [0.717, 1.165) is 0 Å². The van der Waals surface area contributed by atoms with Crippen molar-refractivity contribution in [1.29, 1.82) is 0 Å². The van der Waals surface area contributed by atoms with E-state index >= 15 is 0 Å². The first-order chi connectivity index (χ1) is 8.70. The van der Waals surface area contributed by atoms with Crippen molar-refractivity contribution in [1.82, 2.24) is 9.78 Å². The van der Waals surface area contributed by atoms with Gasteiger partial charge < -0.3 is 10.1 Å². The lowest BCUT2D eigenvalue weighted by atomic mass is 10.3. The predicted octanol–water partition coefficient (Wildman–Crippen LogP) is 1.37. The van der Waals surface area contributed by atoms with Crippen LogP contribution in [0.1, 0.15) is 9.67 Å². The highest BCUT2D eigenvalue weighted by molar-refractivity contribution is 7.12. The zero-order valence-electron chi connectivity index (χ0n) is 9.62. The Labute approximate surface area is 107 Å². The summed E-state index contributed by atoms with van der Waals surface area (Å²) in [6, 6.07) is 3.40. The number of anilines is 1. The number of nitrogens with one attached hydrogen (secondary N) is 1. The van der Waals surface area contributed by atoms with Gasteiger partial charge in [0.05, 0.1) is 12.8 Å². The van der Waals surface area contributed by atoms with Crippen LogP contribution in [0.2, 0.25) is 0 Å². The van der Waals surface area contributed by atoms with Crippen LogP contribution in [0.3, 0.4) is 0 Å². The van der Waals surface area contributed by atoms with Gasteiger partial charge in [-0.15, -0.1) is 11.3 Å². The summed E-state index contributed by atoms with van der Waals surface area (Å²) in [4.78, 5) is 23.5. The average Bonchev–Trinajstić information content (AvgIpc) is 2.99. The Bertz CT molecular complexity index is 548. The Kier molecular flexibility index (Phi) is 3.73. The molecule has 6 nitrogen and oxygen atoms in total. The van der Waals surface area contributed by atoms with Crippen LogP contribution in [0, 0.1) is 0 Å². The van der Waals surface area contributed by atoms with E-state index in [9.17, 15) is 9.59 Å². The normalized spacial score (nSPS) is 10.1. The van der Waals surface area contributed by atoms with Gasteiger partial charge in [0.1, 0.15) is 11.4 Å². The molecule has 0 bridgehead atoms. The maximum atomic E-state index is 11.7. The highest BCUT2D eigenvalue weighted by Gasteiger charge is 2.15. The zero-order chi connectivity index (χ0) is 13.0. The molecule has 2 rings (SSSR count). The molecule has 2 aromatic rings. The number of esters is 1. The second-order valence-electron chi connectivity index (χ2n) is 3.41. The highest BCUT2D eigenvalue weighted by Crippen LogP contribution is 2.22. The first kappa shape index (κ1) is 12.3. The Morgan fingerprint density at radius 3 is 3.06 bits per heavy atom. The number of thiophene rings is 1. The number of ether oxygens (including phenoxy) is 1. The lowest BCUT2D eigenvalue weighted by molar-refractivity contribution is -0.116. The summed E-state index contributed by atoms with van der Waals surface area (Å²) in [6.45, 7) is 0.101. The number of carbonyl (C=O) groups is 2. The molecule has 0 atom stereocenters. The maximum Gasteiger partial charge on any atom is 0.350 e. The number of hydrogen-bond donors (Lipinski definition) is 1. The third-order valence-electron chi connectivity index (χ3n) is 2.17. The molecule has 7 heteroatoms. The Hall–Kier alpha value is -2.15. The Morgan fingerprint density at radius 1 is 1.56 bits per heavy atom. The Balaban J connectivity index is 2.03. The van der Waals surface area contributed by atoms with Crippen LogP contribution in [-0.4, -0.2) is 28.8 Å². The molecule has 0 saturated carbocycles. The van der Waals surface area contributed by atoms with Gasteiger partial charge in [-0.25, -0.2) is 4.79 Å². The molecule has 1 N–H and O–H groups in total. The second kappa shape index (κ2) is 5.46. The minimum Gasteiger partial charge on any atom is -0.465 e. The fraction of sp³-hybridized carbons (Fsp3) is 0.182. The van der Waals surface area contributed by atoms with Crippen molar-refractivity contribution >= 4 is 28.9 Å². The monoisotopic (exact) mass is 265 g/mol. The van der Waals surface area contributed by atoms with Crippen LogP contribution < -0.4 is 5.32 Å². The van der Waals surface area contributed by atoms with Crippen LogP contribution in [0.25, 0.3) is 0 Å². The van der Waals surface area contributed by atoms with Gasteiger partial charge in [-0.1, -0.05) is 0 Å². The quantitative estimate of drug-likeness (QED) is 0.847. The van der Waals surface area contributed by atoms with E-state index in [1.54, 1.807) is 29.9 Å². The molecule has 0 aliphatic carbocycles. The summed E-state index contributed by atoms with van der Waals surface area (Å²) in [7, 11) is 1.30. The molecular formula is C11H11N3O3S. The van der Waals surface area contributed by atoms with Gasteiger partial charge in [-0.05, 0) is 17.5 Å². The van der Waals surface area contributed by atoms with Crippen molar-refractivity contribution in [2.24, 2.45) is 0 Å². The van der Waals surface area contributed by atoms with Gasteiger partial charge in [0, 0.05) is 12.4 Å². The number of nitrogens with zero attached hydrogens (tertiary/aromatic N) is 2. The van der Waals surface area contributed by atoms with Crippen LogP contribution in [0.4, 0.5) is 5.69 Å². The van der Waals surface area contributed by atoms with E-state index in [1.807, 2.05) is 0 Å². The van der Waals surface area contributed by atoms with Gasteiger partial charge >= 0.3 is 5.97 Å². The zero-order valence-corrected chi connectivity index (χ0v) is 10.4. The molecule has 0 aliphatic rings. The standard InChI is InChI=1S/C11H11N3O3S/c1-17-11(16)10-8(3-6-18-10)13-9(15)7-14-5-2-4-12-14/h2-6H,7H2,1H3,(H,13,15). The van der Waals surface area contributed by atoms with E-state index in [2.05, 4.69) is 15.2 Å². The molecule has 2 heterocycles. The molecule has 0 radical (unpaired) electrons. The van der Waals surface area contributed by atoms with Crippen molar-refractivity contribution in [2.75, 3.05) is 12.4 Å². The third kappa shape index (κ3) is 2.75. The summed E-state index contributed by atoms with van der Waals surface area (Å²) < 4.78 is 6.12. The molecule has 0 aliphatic heterocycles. The average molecular weight is 265 g/mol. The summed E-state index contributed by atoms with van der Waals surface area (Å²) in [5, 5.41) is 8.30. The number of carbonyl (C=O) groups excluding carboxylic acids is 2. The molecule has 0 saturated heterocycles. The molecule has 2 aromatic heterocycles. The van der Waals surface area contributed by atoms with E-state index in [1.165, 1.54) is 23.1 Å². The van der Waals surface area contributed by atoms with E-state index < -0.39 is 5.97 Å². The number of hydrogen-bond acceptors (Lipinski definition) is 5. The lowest BCUT2D eigenvalue weighted by Crippen LogP contribution is -2.19. The number of aromatic nitrogens is 2. The topological polar surface area (TPSA) is 73.2 Å². The van der Waals surface area contributed by atoms with Gasteiger partial charge in [0.15, 0.2) is 0 Å². The second-order valence-corrected chi connectivity index (χ2v) is 4.32. The fourth-order valence-corrected chi connectivity index (χ4v) is 2.16. The molecular weight excluding hydrogens is 254 g/mol. The molecule has 0 aromatic carbocycles. The van der Waals surface area contributed by atoms with Crippen molar-refractivity contribution in [2.45, 2.75) is 6.54 Å². The molecule has 18 heavy (non-hydrogen) atoms. The molecule has 0 fully saturated rings. The highest BCUT2D eigenvalue weighted by atomic mass is 32.1. The summed E-state index contributed by atoms with van der Waals surface area (Å²) in [5.41, 5.74) is 0.462. The van der Waals surface area contributed by atoms with Crippen molar-refractivity contribution in [3.8, 4) is 0 Å². The van der Waals surface area contributed by atoms with Crippen LogP contribution in [0.5, 0.6) is 0 Å². The van der Waals surface area contributed by atoms with Gasteiger partial charge in [0.25, 0.3) is 0 Å². The predicted molar refractivity (Wildman–Crippen MR) is 66.5 cm³/mol. The largest absolute Gasteiger partial charge is 0.465 e. The Morgan fingerprint density at radius 2 is 2.39 bits per heavy atom. The molecule has 0 unspecified atom stereocenters. The summed E-state index contributed by atoms with van der Waals surface area (Å²) in [5.74, 6) is -0.707. The molecule has 1 amide bonds. The minimum absolute atomic E-state index is 0.101. The summed E-state index contributed by atoms with van der Waals surface area (Å²) >= 11 is 1.22. The first-order valence-electron chi connectivity index (χ1n) is 5.14. The van der Waals surface area contributed by atoms with E-state index in [4.69, 9.17) is 0 Å². The number of amides is 1. The molecule has 0 spiro atoms. The van der Waals surface area contributed by atoms with Crippen molar-refractivity contribution in [3.05, 3.63) is 34.8 Å². The van der Waals surface area contributed by atoms with Crippen molar-refractivity contribution in [3.63, 3.8) is 0 Å².